The third-order valence-corrected chi connectivity index (χ3v) is 2.45. The van der Waals surface area contributed by atoms with E-state index in [9.17, 15) is 0 Å². The summed E-state index contributed by atoms with van der Waals surface area (Å²) in [5.41, 5.74) is 1.79. The number of aliphatic hydroxyl groups excluding tert-OH is 1. The van der Waals surface area contributed by atoms with Gasteiger partial charge in [0.25, 0.3) is 0 Å². The third-order valence-electron chi connectivity index (χ3n) is 2.45. The van der Waals surface area contributed by atoms with E-state index in [1.165, 1.54) is 18.0 Å². The van der Waals surface area contributed by atoms with E-state index in [1.54, 1.807) is 12.4 Å². The van der Waals surface area contributed by atoms with E-state index in [4.69, 9.17) is 9.84 Å². The summed E-state index contributed by atoms with van der Waals surface area (Å²) in [5.74, 6) is 0.488. The van der Waals surface area contributed by atoms with Crippen LogP contribution >= 0.6 is 0 Å². The lowest BCUT2D eigenvalue weighted by molar-refractivity contribution is 0.272. The molecule has 5 heteroatoms. The quantitative estimate of drug-likeness (QED) is 0.778. The Morgan fingerprint density at radius 3 is 2.61 bits per heavy atom. The first-order valence-corrected chi connectivity index (χ1v) is 5.82. The van der Waals surface area contributed by atoms with Gasteiger partial charge in [0.2, 0.25) is 5.88 Å². The molecule has 0 saturated carbocycles. The van der Waals surface area contributed by atoms with E-state index in [-0.39, 0.29) is 6.61 Å². The average Bonchev–Trinajstić information content (AvgIpc) is 2.45. The van der Waals surface area contributed by atoms with Crippen LogP contribution in [-0.4, -0.2) is 26.7 Å². The van der Waals surface area contributed by atoms with E-state index in [2.05, 4.69) is 15.0 Å². The summed E-state index contributed by atoms with van der Waals surface area (Å²) in [7, 11) is 0. The highest BCUT2D eigenvalue weighted by Gasteiger charge is 1.98. The fourth-order valence-corrected chi connectivity index (χ4v) is 1.50. The first-order chi connectivity index (χ1) is 8.88. The summed E-state index contributed by atoms with van der Waals surface area (Å²) < 4.78 is 5.46. The van der Waals surface area contributed by atoms with Crippen molar-refractivity contribution in [3.05, 3.63) is 48.2 Å². The molecule has 0 saturated heterocycles. The van der Waals surface area contributed by atoms with Gasteiger partial charge in [-0.05, 0) is 30.5 Å². The summed E-state index contributed by atoms with van der Waals surface area (Å²) >= 11 is 0. The molecule has 18 heavy (non-hydrogen) atoms. The fourth-order valence-electron chi connectivity index (χ4n) is 1.50. The SMILES string of the molecule is OCc1cnc(OCCCc2ccncc2)cn1. The number of aryl methyl sites for hydroxylation is 1. The number of aliphatic hydroxyl groups is 1. The summed E-state index contributed by atoms with van der Waals surface area (Å²) in [5, 5.41) is 8.82. The lowest BCUT2D eigenvalue weighted by Crippen LogP contribution is -2.02. The van der Waals surface area contributed by atoms with Gasteiger partial charge in [-0.3, -0.25) is 9.97 Å². The Balaban J connectivity index is 1.72. The van der Waals surface area contributed by atoms with Crippen LogP contribution in [0.1, 0.15) is 17.7 Å². The number of nitrogens with zero attached hydrogens (tertiary/aromatic N) is 3. The van der Waals surface area contributed by atoms with Gasteiger partial charge in [0.05, 0.1) is 31.3 Å². The third kappa shape index (κ3) is 3.78. The maximum atomic E-state index is 8.82. The number of hydrogen-bond donors (Lipinski definition) is 1. The van der Waals surface area contributed by atoms with Crippen molar-refractivity contribution in [2.75, 3.05) is 6.61 Å². The molecule has 2 aromatic rings. The molecule has 0 aliphatic rings. The molecule has 0 atom stereocenters. The molecule has 0 radical (unpaired) electrons. The van der Waals surface area contributed by atoms with Crippen molar-refractivity contribution >= 4 is 0 Å². The van der Waals surface area contributed by atoms with Gasteiger partial charge in [-0.2, -0.15) is 0 Å². The molecule has 1 N–H and O–H groups in total. The van der Waals surface area contributed by atoms with E-state index in [1.807, 2.05) is 12.1 Å². The molecule has 0 bridgehead atoms. The van der Waals surface area contributed by atoms with Crippen LogP contribution in [0.2, 0.25) is 0 Å². The summed E-state index contributed by atoms with van der Waals surface area (Å²) in [4.78, 5) is 12.0. The van der Waals surface area contributed by atoms with Crippen LogP contribution in [0.4, 0.5) is 0 Å². The first-order valence-electron chi connectivity index (χ1n) is 5.82. The zero-order valence-electron chi connectivity index (χ0n) is 9.99. The molecule has 0 spiro atoms. The normalized spacial score (nSPS) is 10.3. The Hall–Kier alpha value is -2.01. The van der Waals surface area contributed by atoms with Crippen molar-refractivity contribution in [2.24, 2.45) is 0 Å². The average molecular weight is 245 g/mol. The standard InChI is InChI=1S/C13H15N3O2/c17-10-12-8-16-13(9-15-12)18-7-1-2-11-3-5-14-6-4-11/h3-6,8-9,17H,1-2,7,10H2. The minimum absolute atomic E-state index is 0.102. The Kier molecular flexibility index (Phi) is 4.60. The molecule has 0 aliphatic carbocycles. The number of hydrogen-bond acceptors (Lipinski definition) is 5. The largest absolute Gasteiger partial charge is 0.477 e. The van der Waals surface area contributed by atoms with E-state index >= 15 is 0 Å². The highest BCUT2D eigenvalue weighted by Crippen LogP contribution is 2.06. The van der Waals surface area contributed by atoms with Crippen LogP contribution in [0.5, 0.6) is 5.88 Å². The van der Waals surface area contributed by atoms with Crippen molar-refractivity contribution < 1.29 is 9.84 Å². The monoisotopic (exact) mass is 245 g/mol. The smallest absolute Gasteiger partial charge is 0.232 e. The van der Waals surface area contributed by atoms with E-state index in [0.29, 0.717) is 18.2 Å². The molecule has 0 unspecified atom stereocenters. The number of rotatable bonds is 6. The van der Waals surface area contributed by atoms with Crippen LogP contribution in [-0.2, 0) is 13.0 Å². The molecule has 0 amide bonds. The maximum Gasteiger partial charge on any atom is 0.232 e. The minimum Gasteiger partial charge on any atom is -0.477 e. The second-order valence-electron chi connectivity index (χ2n) is 3.81. The number of ether oxygens (including phenoxy) is 1. The van der Waals surface area contributed by atoms with Gasteiger partial charge >= 0.3 is 0 Å². The van der Waals surface area contributed by atoms with Crippen LogP contribution in [0.15, 0.2) is 36.9 Å². The second kappa shape index (κ2) is 6.66. The molecule has 94 valence electrons. The predicted molar refractivity (Wildman–Crippen MR) is 66.0 cm³/mol. The highest BCUT2D eigenvalue weighted by molar-refractivity contribution is 5.10. The minimum atomic E-state index is -0.102. The van der Waals surface area contributed by atoms with Gasteiger partial charge in [-0.15, -0.1) is 0 Å². The number of pyridine rings is 1. The topological polar surface area (TPSA) is 68.1 Å². The van der Waals surface area contributed by atoms with Crippen molar-refractivity contribution in [3.8, 4) is 5.88 Å². The second-order valence-corrected chi connectivity index (χ2v) is 3.81. The van der Waals surface area contributed by atoms with Crippen LogP contribution in [0.25, 0.3) is 0 Å². The zero-order chi connectivity index (χ0) is 12.6. The summed E-state index contributed by atoms with van der Waals surface area (Å²) in [6.45, 7) is 0.491. The van der Waals surface area contributed by atoms with Gasteiger partial charge in [-0.25, -0.2) is 4.98 Å². The molecule has 5 nitrogen and oxygen atoms in total. The lowest BCUT2D eigenvalue weighted by atomic mass is 10.1. The highest BCUT2D eigenvalue weighted by atomic mass is 16.5. The molecule has 2 aromatic heterocycles. The van der Waals surface area contributed by atoms with Crippen molar-refractivity contribution in [3.63, 3.8) is 0 Å². The van der Waals surface area contributed by atoms with Crippen LogP contribution < -0.4 is 4.74 Å². The first kappa shape index (κ1) is 12.4. The van der Waals surface area contributed by atoms with Crippen LogP contribution in [0.3, 0.4) is 0 Å². The van der Waals surface area contributed by atoms with Gasteiger partial charge < -0.3 is 9.84 Å². The van der Waals surface area contributed by atoms with Gasteiger partial charge in [0, 0.05) is 12.4 Å². The maximum absolute atomic E-state index is 8.82. The van der Waals surface area contributed by atoms with Crippen molar-refractivity contribution in [1.82, 2.24) is 15.0 Å². The van der Waals surface area contributed by atoms with Crippen molar-refractivity contribution in [1.29, 1.82) is 0 Å². The Bertz CT molecular complexity index is 459. The van der Waals surface area contributed by atoms with E-state index < -0.39 is 0 Å². The Morgan fingerprint density at radius 1 is 1.11 bits per heavy atom. The molecule has 2 rings (SSSR count). The lowest BCUT2D eigenvalue weighted by Gasteiger charge is -2.05. The fraction of sp³-hybridized carbons (Fsp3) is 0.308. The zero-order valence-corrected chi connectivity index (χ0v) is 9.99. The molecular formula is C13H15N3O2. The predicted octanol–water partition coefficient (Wildman–Crippen LogP) is 1.38. The molecular weight excluding hydrogens is 230 g/mol. The number of aromatic nitrogens is 3. The molecule has 0 aliphatic heterocycles. The van der Waals surface area contributed by atoms with Gasteiger partial charge in [0.15, 0.2) is 0 Å². The molecule has 0 fully saturated rings. The van der Waals surface area contributed by atoms with Crippen LogP contribution in [0, 0.1) is 0 Å². The Labute approximate surface area is 106 Å². The molecule has 0 aromatic carbocycles. The Morgan fingerprint density at radius 2 is 1.94 bits per heavy atom. The summed E-state index contributed by atoms with van der Waals surface area (Å²) in [6.07, 6.45) is 8.47. The summed E-state index contributed by atoms with van der Waals surface area (Å²) in [6, 6.07) is 3.99. The molecule has 2 heterocycles. The van der Waals surface area contributed by atoms with E-state index in [0.717, 1.165) is 12.8 Å². The van der Waals surface area contributed by atoms with Gasteiger partial charge in [0.1, 0.15) is 0 Å². The van der Waals surface area contributed by atoms with Gasteiger partial charge in [-0.1, -0.05) is 0 Å². The van der Waals surface area contributed by atoms with Crippen molar-refractivity contribution in [2.45, 2.75) is 19.4 Å².